The molecule has 1 aromatic heterocycles. The van der Waals surface area contributed by atoms with Crippen molar-refractivity contribution in [2.75, 3.05) is 7.05 Å². The molecule has 0 N–H and O–H groups in total. The molecule has 4 rings (SSSR count). The molecule has 2 aromatic carbocycles. The molecular weight excluding hydrogens is 284 g/mol. The highest BCUT2D eigenvalue weighted by atomic mass is 16.2. The molecule has 1 aliphatic rings. The van der Waals surface area contributed by atoms with E-state index in [0.29, 0.717) is 13.0 Å². The third-order valence-corrected chi connectivity index (χ3v) is 4.91. The molecule has 23 heavy (non-hydrogen) atoms. The lowest BCUT2D eigenvalue weighted by molar-refractivity contribution is -0.130. The fourth-order valence-electron chi connectivity index (χ4n) is 3.72. The second kappa shape index (κ2) is 5.27. The molecule has 3 aromatic rings. The van der Waals surface area contributed by atoms with Crippen LogP contribution in [0, 0.1) is 0 Å². The van der Waals surface area contributed by atoms with Crippen LogP contribution in [0.1, 0.15) is 17.5 Å². The SMILES string of the molecule is CN1Cc2ccccc2-c2c(c3ccccc3n2C)CCC1=O. The maximum Gasteiger partial charge on any atom is 0.222 e. The van der Waals surface area contributed by atoms with Crippen LogP contribution in [0.3, 0.4) is 0 Å². The van der Waals surface area contributed by atoms with Crippen LogP contribution in [-0.4, -0.2) is 22.4 Å². The lowest BCUT2D eigenvalue weighted by atomic mass is 9.98. The van der Waals surface area contributed by atoms with Gasteiger partial charge in [0.1, 0.15) is 0 Å². The van der Waals surface area contributed by atoms with Crippen LogP contribution in [0.25, 0.3) is 22.2 Å². The van der Waals surface area contributed by atoms with Crippen LogP contribution >= 0.6 is 0 Å². The number of amides is 1. The second-order valence-electron chi connectivity index (χ2n) is 6.31. The fourth-order valence-corrected chi connectivity index (χ4v) is 3.72. The van der Waals surface area contributed by atoms with E-state index in [2.05, 4.69) is 60.1 Å². The summed E-state index contributed by atoms with van der Waals surface area (Å²) in [6, 6.07) is 16.9. The maximum absolute atomic E-state index is 12.4. The summed E-state index contributed by atoms with van der Waals surface area (Å²) in [5, 5.41) is 1.26. The molecule has 0 aliphatic carbocycles. The first-order chi connectivity index (χ1) is 11.2. The number of aromatic nitrogens is 1. The van der Waals surface area contributed by atoms with E-state index in [1.807, 2.05) is 11.9 Å². The topological polar surface area (TPSA) is 25.2 Å². The van der Waals surface area contributed by atoms with E-state index in [4.69, 9.17) is 0 Å². The molecule has 0 radical (unpaired) electrons. The Morgan fingerprint density at radius 2 is 1.65 bits per heavy atom. The van der Waals surface area contributed by atoms with Crippen molar-refractivity contribution in [3.63, 3.8) is 0 Å². The third kappa shape index (κ3) is 2.15. The minimum Gasteiger partial charge on any atom is -0.343 e. The molecule has 116 valence electrons. The Kier molecular flexibility index (Phi) is 3.22. The molecule has 0 fully saturated rings. The van der Waals surface area contributed by atoms with Crippen LogP contribution in [0.5, 0.6) is 0 Å². The number of rotatable bonds is 0. The summed E-state index contributed by atoms with van der Waals surface area (Å²) in [7, 11) is 4.02. The Morgan fingerprint density at radius 1 is 0.913 bits per heavy atom. The van der Waals surface area contributed by atoms with Gasteiger partial charge < -0.3 is 9.47 Å². The van der Waals surface area contributed by atoms with Crippen molar-refractivity contribution in [3.05, 3.63) is 59.7 Å². The van der Waals surface area contributed by atoms with E-state index < -0.39 is 0 Å². The zero-order valence-corrected chi connectivity index (χ0v) is 13.5. The second-order valence-corrected chi connectivity index (χ2v) is 6.31. The Balaban J connectivity index is 2.07. The summed E-state index contributed by atoms with van der Waals surface area (Å²) in [4.78, 5) is 14.2. The van der Waals surface area contributed by atoms with Gasteiger partial charge in [-0.15, -0.1) is 0 Å². The first kappa shape index (κ1) is 14.1. The van der Waals surface area contributed by atoms with Gasteiger partial charge in [0, 0.05) is 43.5 Å². The van der Waals surface area contributed by atoms with Gasteiger partial charge in [-0.05, 0) is 23.6 Å². The van der Waals surface area contributed by atoms with Crippen molar-refractivity contribution in [3.8, 4) is 11.3 Å². The summed E-state index contributed by atoms with van der Waals surface area (Å²) >= 11 is 0. The van der Waals surface area contributed by atoms with Crippen molar-refractivity contribution in [2.45, 2.75) is 19.4 Å². The highest BCUT2D eigenvalue weighted by Crippen LogP contribution is 2.36. The molecule has 0 spiro atoms. The van der Waals surface area contributed by atoms with Gasteiger partial charge in [-0.25, -0.2) is 0 Å². The predicted molar refractivity (Wildman–Crippen MR) is 93.2 cm³/mol. The van der Waals surface area contributed by atoms with Crippen molar-refractivity contribution < 1.29 is 4.79 Å². The van der Waals surface area contributed by atoms with Gasteiger partial charge in [0.2, 0.25) is 5.91 Å². The molecule has 0 saturated heterocycles. The zero-order valence-electron chi connectivity index (χ0n) is 13.5. The van der Waals surface area contributed by atoms with E-state index in [1.54, 1.807) is 0 Å². The summed E-state index contributed by atoms with van der Waals surface area (Å²) in [5.41, 5.74) is 6.22. The number of benzene rings is 2. The number of carbonyl (C=O) groups excluding carboxylic acids is 1. The minimum absolute atomic E-state index is 0.209. The van der Waals surface area contributed by atoms with E-state index in [9.17, 15) is 4.79 Å². The Bertz CT molecular complexity index is 907. The lowest BCUT2D eigenvalue weighted by Gasteiger charge is -2.18. The van der Waals surface area contributed by atoms with Gasteiger partial charge in [0.15, 0.2) is 0 Å². The molecule has 0 atom stereocenters. The van der Waals surface area contributed by atoms with Gasteiger partial charge in [-0.2, -0.15) is 0 Å². The molecular formula is C20H20N2O. The normalized spacial score (nSPS) is 14.9. The average Bonchev–Trinajstić information content (AvgIpc) is 2.87. The van der Waals surface area contributed by atoms with Gasteiger partial charge >= 0.3 is 0 Å². The zero-order chi connectivity index (χ0) is 16.0. The molecule has 3 nitrogen and oxygen atoms in total. The molecule has 0 unspecified atom stereocenters. The van der Waals surface area contributed by atoms with Gasteiger partial charge in [0.25, 0.3) is 0 Å². The van der Waals surface area contributed by atoms with Crippen molar-refractivity contribution >= 4 is 16.8 Å². The number of carbonyl (C=O) groups is 1. The molecule has 2 heterocycles. The monoisotopic (exact) mass is 304 g/mol. The third-order valence-electron chi connectivity index (χ3n) is 4.91. The molecule has 1 aliphatic heterocycles. The van der Waals surface area contributed by atoms with Gasteiger partial charge in [0.05, 0.1) is 5.69 Å². The Morgan fingerprint density at radius 3 is 2.52 bits per heavy atom. The molecule has 1 amide bonds. The molecule has 3 heteroatoms. The highest BCUT2D eigenvalue weighted by molar-refractivity contribution is 5.93. The Hall–Kier alpha value is -2.55. The maximum atomic E-state index is 12.4. The van der Waals surface area contributed by atoms with Gasteiger partial charge in [-0.3, -0.25) is 4.79 Å². The predicted octanol–water partition coefficient (Wildman–Crippen LogP) is 3.75. The van der Waals surface area contributed by atoms with Crippen LogP contribution in [-0.2, 0) is 24.8 Å². The summed E-state index contributed by atoms with van der Waals surface area (Å²) < 4.78 is 2.28. The lowest BCUT2D eigenvalue weighted by Crippen LogP contribution is -2.26. The molecule has 0 bridgehead atoms. The largest absolute Gasteiger partial charge is 0.343 e. The minimum atomic E-state index is 0.209. The number of hydrogen-bond donors (Lipinski definition) is 0. The van der Waals surface area contributed by atoms with Crippen molar-refractivity contribution in [1.29, 1.82) is 0 Å². The summed E-state index contributed by atoms with van der Waals surface area (Å²) in [6.07, 6.45) is 1.35. The molecule has 0 saturated carbocycles. The number of nitrogens with zero attached hydrogens (tertiary/aromatic N) is 2. The first-order valence-electron chi connectivity index (χ1n) is 8.05. The quantitative estimate of drug-likeness (QED) is 0.621. The number of para-hydroxylation sites is 1. The highest BCUT2D eigenvalue weighted by Gasteiger charge is 2.22. The van der Waals surface area contributed by atoms with Crippen molar-refractivity contribution in [1.82, 2.24) is 9.47 Å². The van der Waals surface area contributed by atoms with Crippen LogP contribution in [0.15, 0.2) is 48.5 Å². The van der Waals surface area contributed by atoms with Crippen LogP contribution in [0.4, 0.5) is 0 Å². The van der Waals surface area contributed by atoms with Crippen LogP contribution in [0.2, 0.25) is 0 Å². The summed E-state index contributed by atoms with van der Waals surface area (Å²) in [6.45, 7) is 0.663. The standard InChI is InChI=1S/C20H20N2O/c1-21-13-14-7-3-4-8-15(14)20-17(11-12-19(21)23)16-9-5-6-10-18(16)22(20)2/h3-10H,11-13H2,1-2H3. The van der Waals surface area contributed by atoms with E-state index in [1.165, 1.54) is 33.3 Å². The first-order valence-corrected chi connectivity index (χ1v) is 8.05. The van der Waals surface area contributed by atoms with E-state index >= 15 is 0 Å². The number of fused-ring (bicyclic) bond motifs is 5. The van der Waals surface area contributed by atoms with E-state index in [0.717, 1.165) is 6.42 Å². The average molecular weight is 304 g/mol. The number of aryl methyl sites for hydroxylation is 2. The van der Waals surface area contributed by atoms with E-state index in [-0.39, 0.29) is 5.91 Å². The van der Waals surface area contributed by atoms with Crippen molar-refractivity contribution in [2.24, 2.45) is 7.05 Å². The smallest absolute Gasteiger partial charge is 0.222 e. The van der Waals surface area contributed by atoms with Crippen LogP contribution < -0.4 is 0 Å². The fraction of sp³-hybridized carbons (Fsp3) is 0.250. The Labute approximate surface area is 136 Å². The summed E-state index contributed by atoms with van der Waals surface area (Å²) in [5.74, 6) is 0.209. The van der Waals surface area contributed by atoms with Gasteiger partial charge in [-0.1, -0.05) is 42.5 Å². The number of hydrogen-bond acceptors (Lipinski definition) is 1.